The molecule has 0 saturated heterocycles. The maximum atomic E-state index is 4.64. The maximum absolute atomic E-state index is 4.64. The van der Waals surface area contributed by atoms with E-state index in [0.29, 0.717) is 23.7 Å². The van der Waals surface area contributed by atoms with Crippen molar-refractivity contribution in [3.05, 3.63) is 136 Å². The fourth-order valence-electron chi connectivity index (χ4n) is 5.91. The number of hydrogen-bond donors (Lipinski definition) is 0. The van der Waals surface area contributed by atoms with Gasteiger partial charge in [-0.2, -0.15) is 0 Å². The second-order valence-electron chi connectivity index (χ2n) is 12.9. The molecule has 2 aliphatic rings. The summed E-state index contributed by atoms with van der Waals surface area (Å²) in [4.78, 5) is 0. The minimum absolute atomic E-state index is 0. The Morgan fingerprint density at radius 3 is 1.13 bits per heavy atom. The Hall–Kier alpha value is -3.72. The van der Waals surface area contributed by atoms with Crippen molar-refractivity contribution in [1.29, 1.82) is 0 Å². The van der Waals surface area contributed by atoms with Gasteiger partial charge >= 0.3 is 28.4 Å². The first-order valence-corrected chi connectivity index (χ1v) is 16.0. The van der Waals surface area contributed by atoms with E-state index in [4.69, 9.17) is 0 Å². The summed E-state index contributed by atoms with van der Waals surface area (Å²) in [6, 6.07) is 33.4. The van der Waals surface area contributed by atoms with Crippen LogP contribution in [0.5, 0.6) is 0 Å². The van der Waals surface area contributed by atoms with Gasteiger partial charge in [0.15, 0.2) is 0 Å². The van der Waals surface area contributed by atoms with Crippen LogP contribution >= 0.6 is 0 Å². The summed E-state index contributed by atoms with van der Waals surface area (Å²) >= 11 is 0. The summed E-state index contributed by atoms with van der Waals surface area (Å²) < 4.78 is 4.40. The zero-order valence-corrected chi connectivity index (χ0v) is 30.0. The van der Waals surface area contributed by atoms with Crippen LogP contribution in [0.15, 0.2) is 97.3 Å². The van der Waals surface area contributed by atoms with E-state index in [9.17, 15) is 0 Å². The summed E-state index contributed by atoms with van der Waals surface area (Å²) in [5.74, 6) is 1.84. The molecule has 4 aromatic rings. The Labute approximate surface area is 286 Å². The molecule has 0 bridgehead atoms. The molecule has 4 heteroatoms. The van der Waals surface area contributed by atoms with Crippen molar-refractivity contribution in [3.8, 4) is 0 Å². The van der Waals surface area contributed by atoms with Crippen molar-refractivity contribution in [2.45, 2.75) is 79.1 Å². The number of nitrogens with zero attached hydrogens (tertiary/aromatic N) is 3. The molecular formula is C41H46AuN3+2. The van der Waals surface area contributed by atoms with Crippen LogP contribution in [0.25, 0.3) is 17.5 Å². The van der Waals surface area contributed by atoms with E-state index < -0.39 is 0 Å². The van der Waals surface area contributed by atoms with Gasteiger partial charge in [0.1, 0.15) is 0 Å². The van der Waals surface area contributed by atoms with Crippen LogP contribution in [0.1, 0.15) is 112 Å². The van der Waals surface area contributed by atoms with Gasteiger partial charge in [-0.3, -0.25) is 0 Å². The molecule has 0 atom stereocenters. The van der Waals surface area contributed by atoms with Crippen LogP contribution in [-0.4, -0.2) is 15.2 Å². The number of para-hydroxylation sites is 4. The minimum atomic E-state index is 0. The molecule has 0 unspecified atom stereocenters. The molecule has 0 N–H and O–H groups in total. The van der Waals surface area contributed by atoms with Gasteiger partial charge in [0.25, 0.3) is 12.4 Å². The van der Waals surface area contributed by atoms with Crippen LogP contribution in [0.3, 0.4) is 0 Å². The monoisotopic (exact) mass is 777 g/mol. The molecule has 0 spiro atoms. The first-order chi connectivity index (χ1) is 21.2. The van der Waals surface area contributed by atoms with E-state index in [0.717, 1.165) is 11.4 Å². The first kappa shape index (κ1) is 34.2. The normalized spacial score (nSPS) is 13.0. The van der Waals surface area contributed by atoms with Gasteiger partial charge in [0.2, 0.25) is 11.4 Å². The Morgan fingerprint density at radius 1 is 0.467 bits per heavy atom. The largest absolute Gasteiger partial charge is 1.00 e. The summed E-state index contributed by atoms with van der Waals surface area (Å²) in [6.45, 7) is 18.2. The molecule has 2 aliphatic heterocycles. The Morgan fingerprint density at radius 2 is 0.800 bits per heavy atom. The molecule has 0 radical (unpaired) electrons. The molecule has 3 nitrogen and oxygen atoms in total. The van der Waals surface area contributed by atoms with E-state index in [1.54, 1.807) is 0 Å². The average Bonchev–Trinajstić information content (AvgIpc) is 3.42. The minimum Gasteiger partial charge on any atom is -0.657 e. The van der Waals surface area contributed by atoms with E-state index in [1.807, 2.05) is 36.4 Å². The van der Waals surface area contributed by atoms with E-state index >= 15 is 0 Å². The van der Waals surface area contributed by atoms with Gasteiger partial charge in [0, 0.05) is 22.3 Å². The molecule has 234 valence electrons. The molecule has 0 aliphatic carbocycles. The zero-order chi connectivity index (χ0) is 31.4. The summed E-state index contributed by atoms with van der Waals surface area (Å²) in [7, 11) is 0. The molecule has 0 fully saturated rings. The molecule has 45 heavy (non-hydrogen) atoms. The summed E-state index contributed by atoms with van der Waals surface area (Å²) in [5, 5.41) is 4.64. The maximum Gasteiger partial charge on any atom is 1.00 e. The smallest absolute Gasteiger partial charge is 0.657 e. The SMILES string of the molecule is C1=Cc2ccccc2[N-]c2ccccc21.CC(C)c1cccc(C(C)C)c1[N+]1=C=[N+](c2c(C(C)C)cccc2C(C)C)C=C1.[Au+]. The third-order valence-electron chi connectivity index (χ3n) is 8.30. The van der Waals surface area contributed by atoms with Gasteiger partial charge in [-0.1, -0.05) is 162 Å². The van der Waals surface area contributed by atoms with Crippen LogP contribution < -0.4 is 0 Å². The third kappa shape index (κ3) is 7.57. The van der Waals surface area contributed by atoms with Gasteiger partial charge in [-0.15, -0.1) is 11.4 Å². The van der Waals surface area contributed by atoms with Crippen LogP contribution in [-0.2, 0) is 22.4 Å². The molecule has 0 aromatic heterocycles. The summed E-state index contributed by atoms with van der Waals surface area (Å²) in [6.07, 6.45) is 8.55. The Bertz CT molecular complexity index is 1600. The van der Waals surface area contributed by atoms with Gasteiger partial charge in [-0.25, -0.2) is 0 Å². The average molecular weight is 778 g/mol. The number of benzene rings is 4. The van der Waals surface area contributed by atoms with Crippen molar-refractivity contribution < 1.29 is 31.5 Å². The van der Waals surface area contributed by atoms with Crippen molar-refractivity contribution in [2.75, 3.05) is 0 Å². The van der Waals surface area contributed by atoms with Crippen LogP contribution in [0, 0.1) is 0 Å². The topological polar surface area (TPSA) is 20.1 Å². The predicted molar refractivity (Wildman–Crippen MR) is 188 cm³/mol. The van der Waals surface area contributed by atoms with E-state index in [-0.39, 0.29) is 22.4 Å². The van der Waals surface area contributed by atoms with Crippen molar-refractivity contribution in [1.82, 2.24) is 0 Å². The standard InChI is InChI=1S/C27H36N2.C14H10N.Au/c1-18(2)22-11-9-12-23(19(3)4)26(22)28-15-16-29(17-28)27-24(20(5)6)13-10-14-25(27)21(7)8;1-3-7-13-11(5-1)9-10-12-6-2-4-8-14(12)15-13;/h9-16,18-21H,1-8H3;1-10H;/q+2;-1;+1. The fourth-order valence-corrected chi connectivity index (χ4v) is 5.91. The molecular weight excluding hydrogens is 731 g/mol. The van der Waals surface area contributed by atoms with Crippen molar-refractivity contribution in [2.24, 2.45) is 0 Å². The van der Waals surface area contributed by atoms with Gasteiger partial charge in [-0.05, 0) is 34.8 Å². The molecule has 6 rings (SSSR count). The van der Waals surface area contributed by atoms with E-state index in [1.165, 1.54) is 44.8 Å². The van der Waals surface area contributed by atoms with Crippen LogP contribution in [0.2, 0.25) is 0 Å². The second kappa shape index (κ2) is 15.0. The van der Waals surface area contributed by atoms with Crippen LogP contribution in [0.4, 0.5) is 22.7 Å². The quantitative estimate of drug-likeness (QED) is 0.121. The van der Waals surface area contributed by atoms with Gasteiger partial charge < -0.3 is 5.32 Å². The number of hydrogen-bond acceptors (Lipinski definition) is 0. The molecule has 0 saturated carbocycles. The van der Waals surface area contributed by atoms with E-state index in [2.05, 4.69) is 149 Å². The Kier molecular flexibility index (Phi) is 11.4. The van der Waals surface area contributed by atoms with Gasteiger partial charge in [0.05, 0.1) is 0 Å². The third-order valence-corrected chi connectivity index (χ3v) is 8.30. The predicted octanol–water partition coefficient (Wildman–Crippen LogP) is 12.3. The first-order valence-electron chi connectivity index (χ1n) is 16.0. The van der Waals surface area contributed by atoms with Crippen molar-refractivity contribution in [3.63, 3.8) is 0 Å². The fraction of sp³-hybridized carbons (Fsp3) is 0.293. The molecule has 2 heterocycles. The molecule has 4 aromatic carbocycles. The second-order valence-corrected chi connectivity index (χ2v) is 12.9. The zero-order valence-electron chi connectivity index (χ0n) is 27.8. The summed E-state index contributed by atoms with van der Waals surface area (Å²) in [5.41, 5.74) is 12.5. The molecule has 0 amide bonds. The van der Waals surface area contributed by atoms with Crippen molar-refractivity contribution >= 4 is 40.9 Å². The number of fused-ring (bicyclic) bond motifs is 2. The Balaban J connectivity index is 0.000000240. The number of rotatable bonds is 6.